The Kier molecular flexibility index (Phi) is 11.9. The smallest absolute Gasteiger partial charge is 0.294 e. The number of amides is 1. The monoisotopic (exact) mass is 780 g/mol. The third-order valence-electron chi connectivity index (χ3n) is 6.62. The fraction of sp³-hybridized carbons (Fsp3) is 0.179. The summed E-state index contributed by atoms with van der Waals surface area (Å²) in [5.74, 6) is -1.82. The van der Waals surface area contributed by atoms with Gasteiger partial charge in [0.1, 0.15) is 16.4 Å². The Morgan fingerprint density at radius 3 is 1.88 bits per heavy atom. The first-order valence-electron chi connectivity index (χ1n) is 13.3. The summed E-state index contributed by atoms with van der Waals surface area (Å²) in [7, 11) is -15.9. The lowest BCUT2D eigenvalue weighted by atomic mass is 10.1. The number of sulfone groups is 1. The first-order valence-corrected chi connectivity index (χ1v) is 20.0. The Bertz CT molecular complexity index is 2360. The van der Waals surface area contributed by atoms with Crippen molar-refractivity contribution in [3.8, 4) is 11.5 Å². The van der Waals surface area contributed by atoms with Gasteiger partial charge in [-0.25, -0.2) is 8.42 Å². The number of ether oxygens (including phenoxy) is 1. The fourth-order valence-corrected chi connectivity index (χ4v) is 7.96. The second-order valence-electron chi connectivity index (χ2n) is 10.2. The average molecular weight is 781 g/mol. The SMILES string of the molecule is COc1cc(S(=O)(=O)O)c(C)cc1N.O=C(Nc1cc(S(=O)(=O)O)cc2cc(S(=O)(=O)O)cc(O)c12)c1ccc(CS(=O)(=O)CCCl)cc1. The van der Waals surface area contributed by atoms with Crippen LogP contribution in [-0.2, 0) is 45.9 Å². The number of anilines is 2. The van der Waals surface area contributed by atoms with E-state index >= 15 is 0 Å². The van der Waals surface area contributed by atoms with Crippen molar-refractivity contribution in [3.63, 3.8) is 0 Å². The van der Waals surface area contributed by atoms with Gasteiger partial charge in [-0.15, -0.1) is 11.6 Å². The van der Waals surface area contributed by atoms with E-state index in [0.29, 0.717) is 22.9 Å². The minimum atomic E-state index is -4.82. The standard InChI is InChI=1S/C20H18ClNO10S3.C8H11NO4S/c21-5-6-33(25,26)11-12-1-3-13(4-2-12)20(24)22-17-9-15(34(27,28)29)7-14-8-16(35(30,31)32)10-18(23)19(14)17;1-5-3-6(9)7(13-2)4-8(5)14(10,11)12/h1-4,7-10,23H,5-6,11H2,(H,22,24)(H,27,28,29)(H,30,31,32);3-4H,9H2,1-2H3,(H,10,11,12). The first kappa shape index (κ1) is 39.4. The zero-order valence-corrected chi connectivity index (χ0v) is 29.4. The maximum Gasteiger partial charge on any atom is 0.294 e. The number of halogens is 1. The Morgan fingerprint density at radius 2 is 1.39 bits per heavy atom. The van der Waals surface area contributed by atoms with Gasteiger partial charge >= 0.3 is 0 Å². The van der Waals surface area contributed by atoms with E-state index in [1.54, 1.807) is 6.92 Å². The van der Waals surface area contributed by atoms with Crippen LogP contribution < -0.4 is 15.8 Å². The van der Waals surface area contributed by atoms with E-state index < -0.39 is 61.6 Å². The molecular formula is C28H29ClN2O14S4. The first-order chi connectivity index (χ1) is 22.5. The number of phenolic OH excluding ortho intramolecular Hbond substituents is 1. The van der Waals surface area contributed by atoms with Gasteiger partial charge in [0.15, 0.2) is 9.84 Å². The molecule has 4 aromatic carbocycles. The van der Waals surface area contributed by atoms with Gasteiger partial charge in [-0.05, 0) is 59.8 Å². The highest BCUT2D eigenvalue weighted by atomic mass is 35.5. The summed E-state index contributed by atoms with van der Waals surface area (Å²) in [6.07, 6.45) is 0. The predicted octanol–water partition coefficient (Wildman–Crippen LogP) is 3.28. The van der Waals surface area contributed by atoms with Gasteiger partial charge in [0.05, 0.1) is 39.8 Å². The van der Waals surface area contributed by atoms with Gasteiger partial charge in [0.2, 0.25) is 0 Å². The molecule has 7 N–H and O–H groups in total. The van der Waals surface area contributed by atoms with E-state index in [0.717, 1.165) is 18.2 Å². The number of aryl methyl sites for hydroxylation is 1. The molecule has 0 radical (unpaired) electrons. The largest absolute Gasteiger partial charge is 0.507 e. The van der Waals surface area contributed by atoms with Gasteiger partial charge in [0, 0.05) is 29.0 Å². The van der Waals surface area contributed by atoms with Crippen LogP contribution in [0.4, 0.5) is 11.4 Å². The molecule has 266 valence electrons. The van der Waals surface area contributed by atoms with Crippen LogP contribution in [0.1, 0.15) is 21.5 Å². The highest BCUT2D eigenvalue weighted by Gasteiger charge is 2.21. The number of alkyl halides is 1. The molecule has 4 rings (SSSR count). The fourth-order valence-electron chi connectivity index (χ4n) is 4.37. The van der Waals surface area contributed by atoms with E-state index in [4.69, 9.17) is 26.6 Å². The van der Waals surface area contributed by atoms with Crippen molar-refractivity contribution in [2.75, 3.05) is 29.8 Å². The zero-order valence-electron chi connectivity index (χ0n) is 25.4. The van der Waals surface area contributed by atoms with Crippen LogP contribution in [0.3, 0.4) is 0 Å². The van der Waals surface area contributed by atoms with E-state index in [1.165, 1.54) is 43.5 Å². The number of nitrogens with two attached hydrogens (primary N) is 1. The molecule has 0 heterocycles. The molecule has 0 aliphatic heterocycles. The number of hydrogen-bond acceptors (Lipinski definition) is 12. The predicted molar refractivity (Wildman–Crippen MR) is 180 cm³/mol. The van der Waals surface area contributed by atoms with Gasteiger partial charge in [0.25, 0.3) is 36.3 Å². The van der Waals surface area contributed by atoms with Crippen LogP contribution >= 0.6 is 11.6 Å². The maximum atomic E-state index is 12.8. The lowest BCUT2D eigenvalue weighted by Gasteiger charge is -2.13. The minimum Gasteiger partial charge on any atom is -0.507 e. The summed E-state index contributed by atoms with van der Waals surface area (Å²) >= 11 is 5.47. The summed E-state index contributed by atoms with van der Waals surface area (Å²) in [4.78, 5) is 11.1. The molecule has 16 nitrogen and oxygen atoms in total. The van der Waals surface area contributed by atoms with Gasteiger partial charge in [-0.2, -0.15) is 25.3 Å². The van der Waals surface area contributed by atoms with Crippen molar-refractivity contribution in [3.05, 3.63) is 77.4 Å². The van der Waals surface area contributed by atoms with E-state index in [-0.39, 0.29) is 50.1 Å². The number of methoxy groups -OCH3 is 1. The Balaban J connectivity index is 0.000000388. The lowest BCUT2D eigenvalue weighted by molar-refractivity contribution is 0.102. The molecule has 0 unspecified atom stereocenters. The molecule has 0 aliphatic carbocycles. The molecular weight excluding hydrogens is 752 g/mol. The number of fused-ring (bicyclic) bond motifs is 1. The van der Waals surface area contributed by atoms with Crippen LogP contribution in [0.2, 0.25) is 0 Å². The number of nitrogen functional groups attached to an aromatic ring is 1. The normalized spacial score (nSPS) is 12.2. The van der Waals surface area contributed by atoms with Gasteiger partial charge < -0.3 is 20.9 Å². The van der Waals surface area contributed by atoms with Crippen LogP contribution in [-0.4, -0.2) is 77.1 Å². The molecule has 0 aliphatic rings. The van der Waals surface area contributed by atoms with Crippen molar-refractivity contribution in [2.45, 2.75) is 27.4 Å². The van der Waals surface area contributed by atoms with Crippen molar-refractivity contribution in [2.24, 2.45) is 0 Å². The highest BCUT2D eigenvalue weighted by Crippen LogP contribution is 2.37. The summed E-state index contributed by atoms with van der Waals surface area (Å²) in [5.41, 5.74) is 6.42. The molecule has 0 fully saturated rings. The molecule has 4 aromatic rings. The number of benzene rings is 4. The Labute approximate surface area is 286 Å². The number of aromatic hydroxyl groups is 1. The number of carbonyl (C=O) groups is 1. The topological polar surface area (TPSA) is 282 Å². The number of phenols is 1. The number of nitrogens with one attached hydrogen (secondary N) is 1. The van der Waals surface area contributed by atoms with Crippen LogP contribution in [0.25, 0.3) is 10.8 Å². The summed E-state index contributed by atoms with van der Waals surface area (Å²) in [6, 6.07) is 11.4. The number of rotatable bonds is 10. The second kappa shape index (κ2) is 14.8. The third kappa shape index (κ3) is 10.2. The molecule has 0 aromatic heterocycles. The van der Waals surface area contributed by atoms with E-state index in [1.807, 2.05) is 0 Å². The maximum absolute atomic E-state index is 12.8. The summed E-state index contributed by atoms with van der Waals surface area (Å²) in [5, 5.41) is 12.4. The zero-order chi connectivity index (χ0) is 37.1. The molecule has 0 saturated heterocycles. The summed E-state index contributed by atoms with van der Waals surface area (Å²) in [6.45, 7) is 1.54. The van der Waals surface area contributed by atoms with Gasteiger partial charge in [-0.1, -0.05) is 12.1 Å². The molecule has 21 heteroatoms. The minimum absolute atomic E-state index is 0.0444. The average Bonchev–Trinajstić information content (AvgIpc) is 2.95. The van der Waals surface area contributed by atoms with Crippen LogP contribution in [0, 0.1) is 6.92 Å². The molecule has 0 saturated carbocycles. The third-order valence-corrected chi connectivity index (χ3v) is 11.3. The van der Waals surface area contributed by atoms with Crippen molar-refractivity contribution < 1.29 is 62.0 Å². The highest BCUT2D eigenvalue weighted by molar-refractivity contribution is 7.90. The number of hydrogen-bond donors (Lipinski definition) is 6. The van der Waals surface area contributed by atoms with Crippen molar-refractivity contribution >= 4 is 79.8 Å². The summed E-state index contributed by atoms with van der Waals surface area (Å²) < 4.78 is 124. The number of carbonyl (C=O) groups excluding carboxylic acids is 1. The quantitative estimate of drug-likeness (QED) is 0.0765. The molecule has 49 heavy (non-hydrogen) atoms. The van der Waals surface area contributed by atoms with E-state index in [9.17, 15) is 52.7 Å². The van der Waals surface area contributed by atoms with E-state index in [2.05, 4.69) is 5.32 Å². The molecule has 0 atom stereocenters. The van der Waals surface area contributed by atoms with Gasteiger partial charge in [-0.3, -0.25) is 18.5 Å². The van der Waals surface area contributed by atoms with Crippen molar-refractivity contribution in [1.29, 1.82) is 0 Å². The molecule has 0 bridgehead atoms. The Morgan fingerprint density at radius 1 is 0.837 bits per heavy atom. The van der Waals surface area contributed by atoms with Crippen molar-refractivity contribution in [1.82, 2.24) is 0 Å². The molecule has 0 spiro atoms. The molecule has 1 amide bonds. The lowest BCUT2D eigenvalue weighted by Crippen LogP contribution is -2.14. The van der Waals surface area contributed by atoms with Crippen LogP contribution in [0.15, 0.2) is 75.4 Å². The second-order valence-corrected chi connectivity index (χ2v) is 17.0. The van der Waals surface area contributed by atoms with Crippen LogP contribution in [0.5, 0.6) is 11.5 Å². The Hall–Kier alpha value is -4.02.